The molecule has 102 valence electrons. The number of ether oxygens (including phenoxy) is 1. The number of rotatable bonds is 1. The first-order valence-corrected chi connectivity index (χ1v) is 6.88. The van der Waals surface area contributed by atoms with Gasteiger partial charge in [-0.1, -0.05) is 69.3 Å². The normalized spacial score (nSPS) is 17.8. The number of benzene rings is 2. The highest BCUT2D eigenvalue weighted by molar-refractivity contribution is 5.90. The zero-order chi connectivity index (χ0) is 14.3. The van der Waals surface area contributed by atoms with Crippen molar-refractivity contribution >= 4 is 5.97 Å². The molecule has 0 bridgehead atoms. The number of fused-ring (bicyclic) bond motifs is 1. The van der Waals surface area contributed by atoms with Gasteiger partial charge in [-0.05, 0) is 11.0 Å². The number of carbonyl (C=O) groups excluding carboxylic acids is 1. The number of hydrogen-bond donors (Lipinski definition) is 0. The highest BCUT2D eigenvalue weighted by atomic mass is 16.5. The molecule has 1 aliphatic rings. The minimum atomic E-state index is -0.298. The number of esters is 1. The molecule has 1 heterocycles. The standard InChI is InChI=1S/C18H18O2/c1-18(2,3)14-11-7-10-13-15(17(19)20-16(13)14)12-8-5-4-6-9-12/h4-11,15H,1-3H3. The lowest BCUT2D eigenvalue weighted by atomic mass is 9.83. The maximum Gasteiger partial charge on any atom is 0.323 e. The van der Waals surface area contributed by atoms with Crippen molar-refractivity contribution in [3.05, 3.63) is 65.2 Å². The maximum atomic E-state index is 12.3. The molecule has 0 N–H and O–H groups in total. The lowest BCUT2D eigenvalue weighted by Gasteiger charge is -2.21. The average molecular weight is 266 g/mol. The van der Waals surface area contributed by atoms with Gasteiger partial charge in [0.05, 0.1) is 0 Å². The fourth-order valence-electron chi connectivity index (χ4n) is 2.73. The Kier molecular flexibility index (Phi) is 2.89. The van der Waals surface area contributed by atoms with E-state index in [9.17, 15) is 4.79 Å². The molecule has 0 spiro atoms. The molecule has 2 aromatic carbocycles. The molecule has 1 atom stereocenters. The average Bonchev–Trinajstić information content (AvgIpc) is 2.74. The van der Waals surface area contributed by atoms with E-state index in [1.807, 2.05) is 48.5 Å². The second kappa shape index (κ2) is 4.48. The van der Waals surface area contributed by atoms with Crippen LogP contribution in [-0.4, -0.2) is 5.97 Å². The van der Waals surface area contributed by atoms with E-state index in [-0.39, 0.29) is 17.3 Å². The van der Waals surface area contributed by atoms with Crippen molar-refractivity contribution in [3.63, 3.8) is 0 Å². The highest BCUT2D eigenvalue weighted by Crippen LogP contribution is 2.44. The molecule has 1 unspecified atom stereocenters. The van der Waals surface area contributed by atoms with Crippen molar-refractivity contribution < 1.29 is 9.53 Å². The minimum absolute atomic E-state index is 0.0444. The molecule has 0 aromatic heterocycles. The Labute approximate surface area is 119 Å². The van der Waals surface area contributed by atoms with E-state index < -0.39 is 0 Å². The molecule has 0 saturated carbocycles. The van der Waals surface area contributed by atoms with Gasteiger partial charge < -0.3 is 4.74 Å². The first-order chi connectivity index (χ1) is 9.48. The summed E-state index contributed by atoms with van der Waals surface area (Å²) in [4.78, 5) is 12.3. The van der Waals surface area contributed by atoms with Crippen LogP contribution in [-0.2, 0) is 10.2 Å². The van der Waals surface area contributed by atoms with Crippen LogP contribution >= 0.6 is 0 Å². The largest absolute Gasteiger partial charge is 0.425 e. The fraction of sp³-hybridized carbons (Fsp3) is 0.278. The summed E-state index contributed by atoms with van der Waals surface area (Å²) in [6.07, 6.45) is 0. The first kappa shape index (κ1) is 12.9. The Morgan fingerprint density at radius 3 is 2.30 bits per heavy atom. The van der Waals surface area contributed by atoms with Gasteiger partial charge in [0.15, 0.2) is 0 Å². The van der Waals surface area contributed by atoms with Crippen molar-refractivity contribution in [3.8, 4) is 5.75 Å². The molecule has 2 aromatic rings. The molecule has 2 heteroatoms. The lowest BCUT2D eigenvalue weighted by Crippen LogP contribution is -2.13. The van der Waals surface area contributed by atoms with Gasteiger partial charge >= 0.3 is 5.97 Å². The van der Waals surface area contributed by atoms with E-state index in [1.54, 1.807) is 0 Å². The Morgan fingerprint density at radius 2 is 1.65 bits per heavy atom. The second-order valence-corrected chi connectivity index (χ2v) is 6.24. The van der Waals surface area contributed by atoms with E-state index >= 15 is 0 Å². The van der Waals surface area contributed by atoms with Crippen molar-refractivity contribution in [2.45, 2.75) is 32.1 Å². The van der Waals surface area contributed by atoms with Crippen molar-refractivity contribution in [2.75, 3.05) is 0 Å². The van der Waals surface area contributed by atoms with Crippen LogP contribution < -0.4 is 4.74 Å². The van der Waals surface area contributed by atoms with Gasteiger partial charge in [0.25, 0.3) is 0 Å². The zero-order valence-corrected chi connectivity index (χ0v) is 12.0. The van der Waals surface area contributed by atoms with Gasteiger partial charge in [0.1, 0.15) is 11.7 Å². The molecule has 0 radical (unpaired) electrons. The molecule has 0 aliphatic carbocycles. The van der Waals surface area contributed by atoms with E-state index in [2.05, 4.69) is 20.8 Å². The zero-order valence-electron chi connectivity index (χ0n) is 12.0. The quantitative estimate of drug-likeness (QED) is 0.575. The van der Waals surface area contributed by atoms with Gasteiger partial charge in [-0.15, -0.1) is 0 Å². The molecule has 0 fully saturated rings. The third-order valence-electron chi connectivity index (χ3n) is 3.74. The molecule has 3 rings (SSSR count). The van der Waals surface area contributed by atoms with Crippen LogP contribution in [0.2, 0.25) is 0 Å². The summed E-state index contributed by atoms with van der Waals surface area (Å²) in [6.45, 7) is 6.39. The number of para-hydroxylation sites is 1. The summed E-state index contributed by atoms with van der Waals surface area (Å²) in [5.74, 6) is 0.273. The summed E-state index contributed by atoms with van der Waals surface area (Å²) in [7, 11) is 0. The van der Waals surface area contributed by atoms with Crippen molar-refractivity contribution in [1.29, 1.82) is 0 Å². The summed E-state index contributed by atoms with van der Waals surface area (Å²) >= 11 is 0. The summed E-state index contributed by atoms with van der Waals surface area (Å²) in [5, 5.41) is 0. The van der Waals surface area contributed by atoms with Crippen LogP contribution in [0.15, 0.2) is 48.5 Å². The molecule has 20 heavy (non-hydrogen) atoms. The van der Waals surface area contributed by atoms with Crippen LogP contribution in [0.1, 0.15) is 43.4 Å². The Hall–Kier alpha value is -2.09. The SMILES string of the molecule is CC(C)(C)c1cccc2c1OC(=O)C2c1ccccc1. The van der Waals surface area contributed by atoms with Gasteiger partial charge in [0, 0.05) is 11.1 Å². The van der Waals surface area contributed by atoms with Crippen LogP contribution in [0.25, 0.3) is 0 Å². The summed E-state index contributed by atoms with van der Waals surface area (Å²) in [5.41, 5.74) is 3.01. The summed E-state index contributed by atoms with van der Waals surface area (Å²) in [6, 6.07) is 15.9. The van der Waals surface area contributed by atoms with Crippen molar-refractivity contribution in [1.82, 2.24) is 0 Å². The second-order valence-electron chi connectivity index (χ2n) is 6.24. The number of hydrogen-bond acceptors (Lipinski definition) is 2. The van der Waals surface area contributed by atoms with Gasteiger partial charge in [-0.25, -0.2) is 0 Å². The Bertz CT molecular complexity index is 651. The first-order valence-electron chi connectivity index (χ1n) is 6.88. The molecular formula is C18H18O2. The molecular weight excluding hydrogens is 248 g/mol. The highest BCUT2D eigenvalue weighted by Gasteiger charge is 2.37. The minimum Gasteiger partial charge on any atom is -0.425 e. The van der Waals surface area contributed by atoms with Crippen LogP contribution in [0.5, 0.6) is 5.75 Å². The Morgan fingerprint density at radius 1 is 0.950 bits per heavy atom. The van der Waals surface area contributed by atoms with Crippen LogP contribution in [0.4, 0.5) is 0 Å². The lowest BCUT2D eigenvalue weighted by molar-refractivity contribution is -0.133. The third-order valence-corrected chi connectivity index (χ3v) is 3.74. The van der Waals surface area contributed by atoms with E-state index in [4.69, 9.17) is 4.74 Å². The Balaban J connectivity index is 2.15. The predicted octanol–water partition coefficient (Wildman–Crippen LogP) is 4.04. The van der Waals surface area contributed by atoms with Gasteiger partial charge in [0.2, 0.25) is 0 Å². The third kappa shape index (κ3) is 2.01. The van der Waals surface area contributed by atoms with Gasteiger partial charge in [-0.3, -0.25) is 4.79 Å². The van der Waals surface area contributed by atoms with E-state index in [0.29, 0.717) is 0 Å². The van der Waals surface area contributed by atoms with Crippen LogP contribution in [0.3, 0.4) is 0 Å². The molecule has 0 amide bonds. The van der Waals surface area contributed by atoms with E-state index in [0.717, 1.165) is 22.4 Å². The maximum absolute atomic E-state index is 12.3. The monoisotopic (exact) mass is 266 g/mol. The smallest absolute Gasteiger partial charge is 0.323 e. The molecule has 2 nitrogen and oxygen atoms in total. The van der Waals surface area contributed by atoms with E-state index in [1.165, 1.54) is 0 Å². The number of carbonyl (C=O) groups is 1. The predicted molar refractivity (Wildman–Crippen MR) is 79.1 cm³/mol. The fourth-order valence-corrected chi connectivity index (χ4v) is 2.73. The molecule has 1 aliphatic heterocycles. The van der Waals surface area contributed by atoms with Gasteiger partial charge in [-0.2, -0.15) is 0 Å². The van der Waals surface area contributed by atoms with Crippen LogP contribution in [0, 0.1) is 0 Å². The summed E-state index contributed by atoms with van der Waals surface area (Å²) < 4.78 is 5.59. The topological polar surface area (TPSA) is 26.3 Å². The van der Waals surface area contributed by atoms with Crippen molar-refractivity contribution in [2.24, 2.45) is 0 Å². The molecule has 0 saturated heterocycles.